The zero-order valence-corrected chi connectivity index (χ0v) is 12.2. The molecule has 0 saturated carbocycles. The fraction of sp³-hybridized carbons (Fsp3) is 0.462. The quantitative estimate of drug-likeness (QED) is 0.795. The first kappa shape index (κ1) is 15.4. The molecule has 6 heteroatoms. The molecule has 0 bridgehead atoms. The summed E-state index contributed by atoms with van der Waals surface area (Å²) in [5, 5.41) is 0. The second kappa shape index (κ2) is 6.47. The Hall–Kier alpha value is -1.69. The van der Waals surface area contributed by atoms with Crippen molar-refractivity contribution in [1.82, 2.24) is 9.88 Å². The number of hydrogen-bond donors (Lipinski definition) is 2. The largest absolute Gasteiger partial charge is 0.393 e. The lowest BCUT2D eigenvalue weighted by atomic mass is 10.2. The van der Waals surface area contributed by atoms with Crippen LogP contribution in [0.1, 0.15) is 36.3 Å². The van der Waals surface area contributed by atoms with E-state index in [9.17, 15) is 9.59 Å². The minimum atomic E-state index is -0.299. The second-order valence-electron chi connectivity index (χ2n) is 4.70. The summed E-state index contributed by atoms with van der Waals surface area (Å²) in [4.78, 5) is 29.0. The van der Waals surface area contributed by atoms with Crippen molar-refractivity contribution >= 4 is 23.1 Å². The van der Waals surface area contributed by atoms with Gasteiger partial charge in [-0.1, -0.05) is 12.2 Å². The van der Waals surface area contributed by atoms with Crippen LogP contribution in [0.5, 0.6) is 0 Å². The molecule has 0 unspecified atom stereocenters. The molecular formula is C13H19N3O2S. The topological polar surface area (TPSA) is 79.2 Å². The van der Waals surface area contributed by atoms with Crippen molar-refractivity contribution in [3.8, 4) is 0 Å². The lowest BCUT2D eigenvalue weighted by molar-refractivity contribution is 0.0710. The Balaban J connectivity index is 2.99. The number of aryl methyl sites for hydroxylation is 1. The summed E-state index contributed by atoms with van der Waals surface area (Å²) in [5.74, 6) is -0.299. The van der Waals surface area contributed by atoms with Gasteiger partial charge >= 0.3 is 0 Å². The van der Waals surface area contributed by atoms with Gasteiger partial charge < -0.3 is 15.6 Å². The monoisotopic (exact) mass is 281 g/mol. The third-order valence-electron chi connectivity index (χ3n) is 2.77. The van der Waals surface area contributed by atoms with E-state index < -0.39 is 0 Å². The van der Waals surface area contributed by atoms with E-state index in [0.29, 0.717) is 18.0 Å². The Morgan fingerprint density at radius 3 is 2.63 bits per heavy atom. The number of nitrogens with zero attached hydrogens (tertiary/aromatic N) is 1. The van der Waals surface area contributed by atoms with Gasteiger partial charge in [0, 0.05) is 37.0 Å². The molecule has 5 nitrogen and oxygen atoms in total. The van der Waals surface area contributed by atoms with Crippen LogP contribution in [-0.4, -0.2) is 33.4 Å². The first-order valence-electron chi connectivity index (χ1n) is 6.11. The maximum Gasteiger partial charge on any atom is 0.259 e. The standard InChI is InChI=1S/C13H19N3O2S/c1-8(2)16(5-4-12(14)19)13(18)10-7-15-9(3)6-11(10)17/h6-8H,4-5H2,1-3H3,(H2,14,19)(H,15,17). The molecule has 1 heterocycles. The Bertz CT molecular complexity index is 537. The van der Waals surface area contributed by atoms with Crippen molar-refractivity contribution in [3.63, 3.8) is 0 Å². The summed E-state index contributed by atoms with van der Waals surface area (Å²) in [7, 11) is 0. The first-order chi connectivity index (χ1) is 8.82. The average Bonchev–Trinajstić information content (AvgIpc) is 2.27. The summed E-state index contributed by atoms with van der Waals surface area (Å²) < 4.78 is 0. The Morgan fingerprint density at radius 2 is 2.16 bits per heavy atom. The van der Waals surface area contributed by atoms with Crippen LogP contribution in [0.2, 0.25) is 0 Å². The van der Waals surface area contributed by atoms with Gasteiger partial charge in [-0.25, -0.2) is 0 Å². The van der Waals surface area contributed by atoms with Crippen LogP contribution >= 0.6 is 12.2 Å². The predicted octanol–water partition coefficient (Wildman–Crippen LogP) is 1.21. The molecule has 0 atom stereocenters. The number of aromatic amines is 1. The Kier molecular flexibility index (Phi) is 5.23. The highest BCUT2D eigenvalue weighted by molar-refractivity contribution is 7.80. The van der Waals surface area contributed by atoms with E-state index in [4.69, 9.17) is 18.0 Å². The molecule has 0 aliphatic carbocycles. The molecule has 1 aromatic heterocycles. The summed E-state index contributed by atoms with van der Waals surface area (Å²) in [6.07, 6.45) is 1.90. The lowest BCUT2D eigenvalue weighted by Gasteiger charge is -2.26. The van der Waals surface area contributed by atoms with Crippen LogP contribution in [0.15, 0.2) is 17.1 Å². The van der Waals surface area contributed by atoms with Crippen LogP contribution in [0.25, 0.3) is 0 Å². The number of nitrogens with one attached hydrogen (secondary N) is 1. The maximum atomic E-state index is 12.4. The van der Waals surface area contributed by atoms with Crippen LogP contribution in [-0.2, 0) is 0 Å². The molecular weight excluding hydrogens is 262 g/mol. The normalized spacial score (nSPS) is 10.5. The van der Waals surface area contributed by atoms with Crippen LogP contribution in [0.3, 0.4) is 0 Å². The number of thiocarbonyl (C=S) groups is 1. The van der Waals surface area contributed by atoms with Crippen LogP contribution in [0.4, 0.5) is 0 Å². The van der Waals surface area contributed by atoms with E-state index in [0.717, 1.165) is 5.69 Å². The molecule has 3 N–H and O–H groups in total. The number of pyridine rings is 1. The van der Waals surface area contributed by atoms with Gasteiger partial charge in [0.15, 0.2) is 5.43 Å². The maximum absolute atomic E-state index is 12.4. The van der Waals surface area contributed by atoms with E-state index >= 15 is 0 Å². The molecule has 0 aliphatic heterocycles. The Labute approximate surface area is 117 Å². The highest BCUT2D eigenvalue weighted by Crippen LogP contribution is 2.06. The fourth-order valence-electron chi connectivity index (χ4n) is 1.72. The van der Waals surface area contributed by atoms with E-state index in [1.54, 1.807) is 11.8 Å². The molecule has 1 rings (SSSR count). The van der Waals surface area contributed by atoms with Crippen LogP contribution < -0.4 is 11.2 Å². The lowest BCUT2D eigenvalue weighted by Crippen LogP contribution is -2.40. The number of carbonyl (C=O) groups excluding carboxylic acids is 1. The number of hydrogen-bond acceptors (Lipinski definition) is 3. The number of carbonyl (C=O) groups is 1. The first-order valence-corrected chi connectivity index (χ1v) is 6.52. The molecule has 0 aliphatic rings. The molecule has 104 valence electrons. The SMILES string of the molecule is Cc1cc(=O)c(C(=O)N(CCC(N)=S)C(C)C)c[nH]1. The van der Waals surface area contributed by atoms with Gasteiger partial charge in [-0.15, -0.1) is 0 Å². The van der Waals surface area contributed by atoms with Crippen molar-refractivity contribution in [2.24, 2.45) is 5.73 Å². The van der Waals surface area contributed by atoms with E-state index in [1.165, 1.54) is 12.3 Å². The van der Waals surface area contributed by atoms with Gasteiger partial charge in [-0.2, -0.15) is 0 Å². The van der Waals surface area contributed by atoms with Crippen molar-refractivity contribution in [2.45, 2.75) is 33.2 Å². The smallest absolute Gasteiger partial charge is 0.259 e. The van der Waals surface area contributed by atoms with Crippen molar-refractivity contribution in [1.29, 1.82) is 0 Å². The third-order valence-corrected chi connectivity index (χ3v) is 2.98. The zero-order valence-electron chi connectivity index (χ0n) is 11.4. The van der Waals surface area contributed by atoms with Crippen LogP contribution in [0, 0.1) is 6.92 Å². The fourth-order valence-corrected chi connectivity index (χ4v) is 1.81. The zero-order chi connectivity index (χ0) is 14.6. The minimum absolute atomic E-state index is 0.0254. The number of amides is 1. The van der Waals surface area contributed by atoms with E-state index in [2.05, 4.69) is 4.98 Å². The van der Waals surface area contributed by atoms with Gasteiger partial charge in [0.25, 0.3) is 5.91 Å². The van der Waals surface area contributed by atoms with Crippen molar-refractivity contribution in [3.05, 3.63) is 33.7 Å². The number of rotatable bonds is 5. The minimum Gasteiger partial charge on any atom is -0.393 e. The Morgan fingerprint density at radius 1 is 1.53 bits per heavy atom. The molecule has 1 amide bonds. The average molecular weight is 281 g/mol. The van der Waals surface area contributed by atoms with Gasteiger partial charge in [0.05, 0.1) is 4.99 Å². The summed E-state index contributed by atoms with van der Waals surface area (Å²) in [6, 6.07) is 1.39. The highest BCUT2D eigenvalue weighted by atomic mass is 32.1. The third kappa shape index (κ3) is 4.17. The summed E-state index contributed by atoms with van der Waals surface area (Å²) >= 11 is 4.82. The molecule has 0 fully saturated rings. The van der Waals surface area contributed by atoms with Gasteiger partial charge in [0.2, 0.25) is 0 Å². The summed E-state index contributed by atoms with van der Waals surface area (Å²) in [6.45, 7) is 5.96. The molecule has 0 aromatic carbocycles. The van der Waals surface area contributed by atoms with Crippen molar-refractivity contribution in [2.75, 3.05) is 6.54 Å². The van der Waals surface area contributed by atoms with Crippen molar-refractivity contribution < 1.29 is 4.79 Å². The highest BCUT2D eigenvalue weighted by Gasteiger charge is 2.21. The van der Waals surface area contributed by atoms with Gasteiger partial charge in [-0.3, -0.25) is 9.59 Å². The molecule has 0 saturated heterocycles. The molecule has 19 heavy (non-hydrogen) atoms. The predicted molar refractivity (Wildman–Crippen MR) is 79.4 cm³/mol. The molecule has 1 aromatic rings. The number of H-pyrrole nitrogens is 1. The van der Waals surface area contributed by atoms with E-state index in [1.807, 2.05) is 13.8 Å². The van der Waals surface area contributed by atoms with Gasteiger partial charge in [-0.05, 0) is 20.8 Å². The molecule has 0 radical (unpaired) electrons. The molecule has 0 spiro atoms. The number of nitrogens with two attached hydrogens (primary N) is 1. The van der Waals surface area contributed by atoms with Gasteiger partial charge in [0.1, 0.15) is 5.56 Å². The second-order valence-corrected chi connectivity index (χ2v) is 5.23. The van der Waals surface area contributed by atoms with E-state index in [-0.39, 0.29) is 22.9 Å². The number of aromatic nitrogens is 1. The summed E-state index contributed by atoms with van der Waals surface area (Å²) in [5.41, 5.74) is 6.04.